The van der Waals surface area contributed by atoms with Gasteiger partial charge in [-0.2, -0.15) is 5.10 Å². The molecule has 0 aliphatic rings. The maximum atomic E-state index is 4.16. The van der Waals surface area contributed by atoms with Crippen molar-refractivity contribution in [2.75, 3.05) is 18.8 Å². The van der Waals surface area contributed by atoms with E-state index in [1.54, 1.807) is 0 Å². The third kappa shape index (κ3) is 4.20. The zero-order valence-electron chi connectivity index (χ0n) is 10.7. The predicted octanol–water partition coefficient (Wildman–Crippen LogP) is 2.34. The van der Waals surface area contributed by atoms with Crippen molar-refractivity contribution in [3.8, 4) is 0 Å². The number of hydrogen-bond donors (Lipinski definition) is 1. The number of thioether (sulfide) groups is 1. The monoisotopic (exact) mass is 261 g/mol. The summed E-state index contributed by atoms with van der Waals surface area (Å²) < 4.78 is 1.93. The summed E-state index contributed by atoms with van der Waals surface area (Å²) in [4.78, 5) is 1.34. The van der Waals surface area contributed by atoms with E-state index in [4.69, 9.17) is 0 Å². The third-order valence-electron chi connectivity index (χ3n) is 2.77. The van der Waals surface area contributed by atoms with Crippen molar-refractivity contribution in [1.29, 1.82) is 0 Å². The highest BCUT2D eigenvalue weighted by atomic mass is 32.2. The second-order valence-corrected chi connectivity index (χ2v) is 5.28. The minimum atomic E-state index is 1.01. The summed E-state index contributed by atoms with van der Waals surface area (Å²) in [6.45, 7) is 2.05. The first-order valence-electron chi connectivity index (χ1n) is 6.22. The third-order valence-corrected chi connectivity index (χ3v) is 3.78. The molecule has 0 atom stereocenters. The van der Waals surface area contributed by atoms with Crippen LogP contribution in [0.3, 0.4) is 0 Å². The predicted molar refractivity (Wildman–Crippen MR) is 76.9 cm³/mol. The molecular formula is C14H19N3S. The van der Waals surface area contributed by atoms with E-state index in [0.717, 1.165) is 25.3 Å². The van der Waals surface area contributed by atoms with Crippen LogP contribution in [0.25, 0.3) is 0 Å². The van der Waals surface area contributed by atoms with E-state index in [1.165, 1.54) is 10.6 Å². The van der Waals surface area contributed by atoms with E-state index >= 15 is 0 Å². The average Bonchev–Trinajstić information content (AvgIpc) is 2.81. The van der Waals surface area contributed by atoms with Gasteiger partial charge in [-0.25, -0.2) is 0 Å². The Labute approximate surface area is 113 Å². The van der Waals surface area contributed by atoms with Crippen molar-refractivity contribution < 1.29 is 0 Å². The summed E-state index contributed by atoms with van der Waals surface area (Å²) in [6, 6.07) is 12.6. The van der Waals surface area contributed by atoms with E-state index in [2.05, 4.69) is 46.8 Å². The first-order chi connectivity index (χ1) is 8.86. The Morgan fingerprint density at radius 1 is 1.17 bits per heavy atom. The van der Waals surface area contributed by atoms with Crippen LogP contribution in [-0.4, -0.2) is 28.6 Å². The number of benzene rings is 1. The van der Waals surface area contributed by atoms with Crippen LogP contribution in [0.15, 0.2) is 47.5 Å². The van der Waals surface area contributed by atoms with Crippen LogP contribution in [0, 0.1) is 0 Å². The second kappa shape index (κ2) is 7.24. The van der Waals surface area contributed by atoms with Gasteiger partial charge in [0, 0.05) is 49.1 Å². The molecular weight excluding hydrogens is 242 g/mol. The van der Waals surface area contributed by atoms with Gasteiger partial charge in [-0.1, -0.05) is 18.2 Å². The first-order valence-corrected chi connectivity index (χ1v) is 7.20. The van der Waals surface area contributed by atoms with Gasteiger partial charge in [-0.3, -0.25) is 4.68 Å². The van der Waals surface area contributed by atoms with Gasteiger partial charge < -0.3 is 5.32 Å². The van der Waals surface area contributed by atoms with Crippen molar-refractivity contribution in [3.05, 3.63) is 48.3 Å². The maximum Gasteiger partial charge on any atom is 0.0492 e. The fraction of sp³-hybridized carbons (Fsp3) is 0.357. The van der Waals surface area contributed by atoms with Crippen LogP contribution in [-0.2, 0) is 13.5 Å². The summed E-state index contributed by atoms with van der Waals surface area (Å²) in [5.41, 5.74) is 1.28. The number of hydrogen-bond acceptors (Lipinski definition) is 3. The van der Waals surface area contributed by atoms with Crippen molar-refractivity contribution >= 4 is 11.8 Å². The van der Waals surface area contributed by atoms with Gasteiger partial charge >= 0.3 is 0 Å². The van der Waals surface area contributed by atoms with E-state index in [1.807, 2.05) is 29.7 Å². The number of aryl methyl sites for hydroxylation is 1. The summed E-state index contributed by atoms with van der Waals surface area (Å²) in [7, 11) is 1.99. The highest BCUT2D eigenvalue weighted by molar-refractivity contribution is 7.99. The molecule has 3 nitrogen and oxygen atoms in total. The summed E-state index contributed by atoms with van der Waals surface area (Å²) in [5, 5.41) is 7.62. The fourth-order valence-corrected chi connectivity index (χ4v) is 2.58. The highest BCUT2D eigenvalue weighted by Gasteiger charge is 1.97. The smallest absolute Gasteiger partial charge is 0.0492 e. The second-order valence-electron chi connectivity index (χ2n) is 4.11. The van der Waals surface area contributed by atoms with Crippen LogP contribution >= 0.6 is 11.8 Å². The molecule has 1 aromatic carbocycles. The lowest BCUT2D eigenvalue weighted by Gasteiger charge is -2.05. The molecule has 96 valence electrons. The Morgan fingerprint density at radius 2 is 2.00 bits per heavy atom. The van der Waals surface area contributed by atoms with E-state index in [0.29, 0.717) is 0 Å². The number of nitrogens with zero attached hydrogens (tertiary/aromatic N) is 2. The van der Waals surface area contributed by atoms with E-state index in [9.17, 15) is 0 Å². The van der Waals surface area contributed by atoms with Crippen LogP contribution in [0.4, 0.5) is 0 Å². The fourth-order valence-electron chi connectivity index (χ4n) is 1.75. The lowest BCUT2D eigenvalue weighted by atomic mass is 10.3. The van der Waals surface area contributed by atoms with Gasteiger partial charge in [-0.05, 0) is 18.2 Å². The Bertz CT molecular complexity index is 453. The zero-order chi connectivity index (χ0) is 12.6. The Kier molecular flexibility index (Phi) is 5.30. The molecule has 0 aliphatic heterocycles. The summed E-state index contributed by atoms with van der Waals surface area (Å²) >= 11 is 1.89. The maximum absolute atomic E-state index is 4.16. The van der Waals surface area contributed by atoms with Crippen molar-refractivity contribution in [2.45, 2.75) is 11.3 Å². The largest absolute Gasteiger partial charge is 0.316 e. The van der Waals surface area contributed by atoms with Crippen molar-refractivity contribution in [3.63, 3.8) is 0 Å². The van der Waals surface area contributed by atoms with Crippen LogP contribution in [0.2, 0.25) is 0 Å². The molecule has 1 heterocycles. The molecule has 1 aromatic heterocycles. The van der Waals surface area contributed by atoms with Gasteiger partial charge in [0.05, 0.1) is 0 Å². The quantitative estimate of drug-likeness (QED) is 0.613. The van der Waals surface area contributed by atoms with Crippen molar-refractivity contribution in [2.24, 2.45) is 7.05 Å². The Balaban J connectivity index is 1.56. The Hall–Kier alpha value is -1.26. The molecule has 4 heteroatoms. The minimum Gasteiger partial charge on any atom is -0.316 e. The van der Waals surface area contributed by atoms with Gasteiger partial charge in [0.25, 0.3) is 0 Å². The minimum absolute atomic E-state index is 1.01. The topological polar surface area (TPSA) is 29.9 Å². The summed E-state index contributed by atoms with van der Waals surface area (Å²) in [5.74, 6) is 1.11. The molecule has 2 aromatic rings. The molecule has 0 unspecified atom stereocenters. The van der Waals surface area contributed by atoms with E-state index < -0.39 is 0 Å². The molecule has 0 bridgehead atoms. The van der Waals surface area contributed by atoms with E-state index in [-0.39, 0.29) is 0 Å². The standard InChI is InChI=1S/C14H19N3S/c1-17-13(8-10-16-17)7-9-15-11-12-18-14-5-3-2-4-6-14/h2-6,8,10,15H,7,9,11-12H2,1H3. The van der Waals surface area contributed by atoms with Gasteiger partial charge in [-0.15, -0.1) is 11.8 Å². The van der Waals surface area contributed by atoms with Crippen LogP contribution in [0.5, 0.6) is 0 Å². The molecule has 2 rings (SSSR count). The molecule has 0 spiro atoms. The van der Waals surface area contributed by atoms with Gasteiger partial charge in [0.2, 0.25) is 0 Å². The first kappa shape index (κ1) is 13.2. The molecule has 0 radical (unpaired) electrons. The van der Waals surface area contributed by atoms with Gasteiger partial charge in [0.15, 0.2) is 0 Å². The SMILES string of the molecule is Cn1nccc1CCNCCSc1ccccc1. The lowest BCUT2D eigenvalue weighted by molar-refractivity contribution is 0.660. The molecule has 1 N–H and O–H groups in total. The van der Waals surface area contributed by atoms with Crippen LogP contribution < -0.4 is 5.32 Å². The molecule has 0 amide bonds. The normalized spacial score (nSPS) is 10.7. The average molecular weight is 261 g/mol. The highest BCUT2D eigenvalue weighted by Crippen LogP contribution is 2.15. The number of aromatic nitrogens is 2. The molecule has 18 heavy (non-hydrogen) atoms. The lowest BCUT2D eigenvalue weighted by Crippen LogP contribution is -2.20. The van der Waals surface area contributed by atoms with Crippen molar-refractivity contribution in [1.82, 2.24) is 15.1 Å². The molecule has 0 fully saturated rings. The zero-order valence-corrected chi connectivity index (χ0v) is 11.5. The molecule has 0 saturated heterocycles. The molecule has 0 saturated carbocycles. The molecule has 0 aliphatic carbocycles. The van der Waals surface area contributed by atoms with Crippen LogP contribution in [0.1, 0.15) is 5.69 Å². The number of rotatable bonds is 7. The van der Waals surface area contributed by atoms with Gasteiger partial charge in [0.1, 0.15) is 0 Å². The summed E-state index contributed by atoms with van der Waals surface area (Å²) in [6.07, 6.45) is 2.88. The Morgan fingerprint density at radius 3 is 2.72 bits per heavy atom. The number of nitrogens with one attached hydrogen (secondary N) is 1.